The third kappa shape index (κ3) is 2.88. The predicted molar refractivity (Wildman–Crippen MR) is 80.8 cm³/mol. The van der Waals surface area contributed by atoms with Gasteiger partial charge in [0.05, 0.1) is 10.7 Å². The molecule has 0 fully saturated rings. The van der Waals surface area contributed by atoms with Gasteiger partial charge in [-0.05, 0) is 37.8 Å². The van der Waals surface area contributed by atoms with E-state index in [0.717, 1.165) is 18.0 Å². The van der Waals surface area contributed by atoms with Crippen LogP contribution in [0.5, 0.6) is 0 Å². The van der Waals surface area contributed by atoms with Crippen molar-refractivity contribution < 1.29 is 0 Å². The summed E-state index contributed by atoms with van der Waals surface area (Å²) < 4.78 is 0. The van der Waals surface area contributed by atoms with E-state index in [2.05, 4.69) is 47.7 Å². The van der Waals surface area contributed by atoms with Gasteiger partial charge >= 0.3 is 0 Å². The highest BCUT2D eigenvalue weighted by Crippen LogP contribution is 2.31. The lowest BCUT2D eigenvalue weighted by Crippen LogP contribution is -2.22. The minimum Gasteiger partial charge on any atom is -0.310 e. The molecule has 1 heterocycles. The Morgan fingerprint density at radius 2 is 2.26 bits per heavy atom. The lowest BCUT2D eigenvalue weighted by Gasteiger charge is -2.14. The van der Waals surface area contributed by atoms with Crippen LogP contribution in [0.25, 0.3) is 0 Å². The number of fused-ring (bicyclic) bond motifs is 1. The molecule has 100 valence electrons. The van der Waals surface area contributed by atoms with Crippen molar-refractivity contribution in [2.24, 2.45) is 0 Å². The van der Waals surface area contributed by atoms with E-state index in [4.69, 9.17) is 0 Å². The fraction of sp³-hybridized carbons (Fsp3) is 0.438. The highest BCUT2D eigenvalue weighted by Gasteiger charge is 2.21. The summed E-state index contributed by atoms with van der Waals surface area (Å²) >= 11 is 1.74. The van der Waals surface area contributed by atoms with Gasteiger partial charge in [0.1, 0.15) is 0 Å². The fourth-order valence-electron chi connectivity index (χ4n) is 2.83. The number of benzene rings is 1. The molecule has 0 spiro atoms. The highest BCUT2D eigenvalue weighted by molar-refractivity contribution is 7.09. The van der Waals surface area contributed by atoms with Crippen LogP contribution in [0.15, 0.2) is 23.6 Å². The second-order valence-corrected chi connectivity index (χ2v) is 6.42. The molecule has 1 aliphatic rings. The molecule has 1 unspecified atom stereocenters. The SMILES string of the molecule is Cc1ccc2c(c1)C(NCCc1csc(C)n1)CC2. The molecule has 2 aromatic rings. The molecule has 1 N–H and O–H groups in total. The van der Waals surface area contributed by atoms with Crippen LogP contribution in [0.3, 0.4) is 0 Å². The minimum atomic E-state index is 0.537. The summed E-state index contributed by atoms with van der Waals surface area (Å²) in [6.45, 7) is 5.26. The molecule has 19 heavy (non-hydrogen) atoms. The number of hydrogen-bond acceptors (Lipinski definition) is 3. The normalized spacial score (nSPS) is 17.7. The molecule has 0 aliphatic heterocycles. The lowest BCUT2D eigenvalue weighted by molar-refractivity contribution is 0.532. The van der Waals surface area contributed by atoms with E-state index >= 15 is 0 Å². The molecule has 3 rings (SSSR count). The minimum absolute atomic E-state index is 0.537. The van der Waals surface area contributed by atoms with Gasteiger partial charge < -0.3 is 5.32 Å². The van der Waals surface area contributed by atoms with Crippen LogP contribution in [0, 0.1) is 13.8 Å². The van der Waals surface area contributed by atoms with Crippen molar-refractivity contribution in [3.8, 4) is 0 Å². The summed E-state index contributed by atoms with van der Waals surface area (Å²) in [4.78, 5) is 4.51. The van der Waals surface area contributed by atoms with E-state index in [0.29, 0.717) is 6.04 Å². The van der Waals surface area contributed by atoms with Crippen LogP contribution in [0.2, 0.25) is 0 Å². The zero-order chi connectivity index (χ0) is 13.2. The van der Waals surface area contributed by atoms with Crippen LogP contribution >= 0.6 is 11.3 Å². The highest BCUT2D eigenvalue weighted by atomic mass is 32.1. The maximum atomic E-state index is 4.51. The molecule has 1 aromatic carbocycles. The van der Waals surface area contributed by atoms with Crippen LogP contribution in [-0.2, 0) is 12.8 Å². The largest absolute Gasteiger partial charge is 0.310 e. The van der Waals surface area contributed by atoms with E-state index in [1.807, 2.05) is 0 Å². The van der Waals surface area contributed by atoms with Crippen molar-refractivity contribution in [3.63, 3.8) is 0 Å². The van der Waals surface area contributed by atoms with E-state index in [-0.39, 0.29) is 0 Å². The van der Waals surface area contributed by atoms with Gasteiger partial charge in [-0.25, -0.2) is 4.98 Å². The van der Waals surface area contributed by atoms with E-state index in [1.165, 1.54) is 35.2 Å². The summed E-state index contributed by atoms with van der Waals surface area (Å²) in [5, 5.41) is 7.02. The van der Waals surface area contributed by atoms with Crippen molar-refractivity contribution in [1.82, 2.24) is 10.3 Å². The molecule has 1 atom stereocenters. The van der Waals surface area contributed by atoms with Crippen molar-refractivity contribution >= 4 is 11.3 Å². The van der Waals surface area contributed by atoms with Crippen LogP contribution in [-0.4, -0.2) is 11.5 Å². The van der Waals surface area contributed by atoms with E-state index in [1.54, 1.807) is 11.3 Å². The number of aromatic nitrogens is 1. The van der Waals surface area contributed by atoms with Gasteiger partial charge in [-0.15, -0.1) is 11.3 Å². The molecule has 2 nitrogen and oxygen atoms in total. The Kier molecular flexibility index (Phi) is 3.67. The molecule has 0 amide bonds. The van der Waals surface area contributed by atoms with Gasteiger partial charge in [0, 0.05) is 24.4 Å². The lowest BCUT2D eigenvalue weighted by atomic mass is 10.1. The maximum Gasteiger partial charge on any atom is 0.0897 e. The number of thiazole rings is 1. The quantitative estimate of drug-likeness (QED) is 0.920. The Bertz CT molecular complexity index is 574. The first-order valence-corrected chi connectivity index (χ1v) is 7.84. The first kappa shape index (κ1) is 12.8. The van der Waals surface area contributed by atoms with Crippen molar-refractivity contribution in [3.05, 3.63) is 51.0 Å². The average molecular weight is 272 g/mol. The van der Waals surface area contributed by atoms with Crippen LogP contribution < -0.4 is 5.32 Å². The summed E-state index contributed by atoms with van der Waals surface area (Å²) in [6.07, 6.45) is 3.47. The first-order valence-electron chi connectivity index (χ1n) is 6.96. The number of hydrogen-bond donors (Lipinski definition) is 1. The van der Waals surface area contributed by atoms with Crippen LogP contribution in [0.1, 0.15) is 39.9 Å². The first-order chi connectivity index (χ1) is 9.22. The molecule has 1 aliphatic carbocycles. The Balaban J connectivity index is 1.59. The van der Waals surface area contributed by atoms with Crippen molar-refractivity contribution in [2.75, 3.05) is 6.54 Å². The Hall–Kier alpha value is -1.19. The van der Waals surface area contributed by atoms with Gasteiger partial charge in [0.25, 0.3) is 0 Å². The number of nitrogens with zero attached hydrogens (tertiary/aromatic N) is 1. The zero-order valence-electron chi connectivity index (χ0n) is 11.6. The van der Waals surface area contributed by atoms with Gasteiger partial charge in [0.15, 0.2) is 0 Å². The molecular formula is C16H20N2S. The third-order valence-corrected chi connectivity index (χ3v) is 4.64. The molecule has 0 saturated carbocycles. The standard InChI is InChI=1S/C16H20N2S/c1-11-3-4-13-5-6-16(15(13)9-11)17-8-7-14-10-19-12(2)18-14/h3-4,9-10,16-17H,5-8H2,1-2H3. The molecule has 0 bridgehead atoms. The van der Waals surface area contributed by atoms with Crippen molar-refractivity contribution in [1.29, 1.82) is 0 Å². The third-order valence-electron chi connectivity index (χ3n) is 3.82. The van der Waals surface area contributed by atoms with Crippen LogP contribution in [0.4, 0.5) is 0 Å². The van der Waals surface area contributed by atoms with E-state index < -0.39 is 0 Å². The molecule has 1 aromatic heterocycles. The Morgan fingerprint density at radius 1 is 1.37 bits per heavy atom. The molecule has 0 saturated heterocycles. The second-order valence-electron chi connectivity index (χ2n) is 5.36. The Labute approximate surface area is 118 Å². The topological polar surface area (TPSA) is 24.9 Å². The Morgan fingerprint density at radius 3 is 3.05 bits per heavy atom. The summed E-state index contributed by atoms with van der Waals surface area (Å²) in [5.74, 6) is 0. The summed E-state index contributed by atoms with van der Waals surface area (Å²) in [6, 6.07) is 7.39. The number of aryl methyl sites for hydroxylation is 3. The van der Waals surface area contributed by atoms with Gasteiger partial charge in [-0.2, -0.15) is 0 Å². The molecule has 3 heteroatoms. The van der Waals surface area contributed by atoms with Crippen molar-refractivity contribution in [2.45, 2.75) is 39.2 Å². The zero-order valence-corrected chi connectivity index (χ0v) is 12.4. The maximum absolute atomic E-state index is 4.51. The second kappa shape index (κ2) is 5.43. The smallest absolute Gasteiger partial charge is 0.0897 e. The number of rotatable bonds is 4. The monoisotopic (exact) mass is 272 g/mol. The molecular weight excluding hydrogens is 252 g/mol. The number of nitrogens with one attached hydrogen (secondary N) is 1. The van der Waals surface area contributed by atoms with E-state index in [9.17, 15) is 0 Å². The van der Waals surface area contributed by atoms with Gasteiger partial charge in [-0.1, -0.05) is 23.8 Å². The summed E-state index contributed by atoms with van der Waals surface area (Å²) in [5.41, 5.74) is 5.61. The fourth-order valence-corrected chi connectivity index (χ4v) is 3.48. The summed E-state index contributed by atoms with van der Waals surface area (Å²) in [7, 11) is 0. The molecule has 0 radical (unpaired) electrons. The average Bonchev–Trinajstić information content (AvgIpc) is 2.97. The van der Waals surface area contributed by atoms with Gasteiger partial charge in [0.2, 0.25) is 0 Å². The van der Waals surface area contributed by atoms with Gasteiger partial charge in [-0.3, -0.25) is 0 Å². The predicted octanol–water partition coefficient (Wildman–Crippen LogP) is 3.58.